The lowest BCUT2D eigenvalue weighted by atomic mass is 9.97. The fourth-order valence-corrected chi connectivity index (χ4v) is 3.43. The van der Waals surface area contributed by atoms with Crippen molar-refractivity contribution in [1.82, 2.24) is 15.5 Å². The molecule has 7 heteroatoms. The molecule has 0 aliphatic heterocycles. The van der Waals surface area contributed by atoms with Crippen LogP contribution >= 0.6 is 23.7 Å². The predicted octanol–water partition coefficient (Wildman–Crippen LogP) is 2.56. The Morgan fingerprint density at radius 2 is 2.24 bits per heavy atom. The first-order chi connectivity index (χ1) is 9.72. The number of amides is 1. The summed E-state index contributed by atoms with van der Waals surface area (Å²) in [6.07, 6.45) is 4.16. The van der Waals surface area contributed by atoms with Crippen LogP contribution in [0.1, 0.15) is 36.2 Å². The highest BCUT2D eigenvalue weighted by Crippen LogP contribution is 2.29. The number of carbonyl (C=O) groups excluding carboxylic acids is 1. The van der Waals surface area contributed by atoms with Gasteiger partial charge in [0.05, 0.1) is 16.1 Å². The maximum Gasteiger partial charge on any atom is 0.272 e. The lowest BCUT2D eigenvalue weighted by Gasteiger charge is -2.28. The van der Waals surface area contributed by atoms with Gasteiger partial charge in [0.25, 0.3) is 5.91 Å². The molecule has 114 valence electrons. The Labute approximate surface area is 133 Å². The molecule has 1 amide bonds. The average molecular weight is 327 g/mol. The summed E-state index contributed by atoms with van der Waals surface area (Å²) in [5, 5.41) is 12.1. The number of H-pyrrole nitrogens is 1. The Morgan fingerprint density at radius 3 is 2.86 bits per heavy atom. The van der Waals surface area contributed by atoms with Crippen molar-refractivity contribution in [3.8, 4) is 10.6 Å². The van der Waals surface area contributed by atoms with E-state index < -0.39 is 0 Å². The largest absolute Gasteiger partial charge is 0.344 e. The third-order valence-corrected chi connectivity index (χ3v) is 4.83. The monoisotopic (exact) mass is 326 g/mol. The second-order valence-corrected chi connectivity index (χ2v) is 6.24. The van der Waals surface area contributed by atoms with Crippen LogP contribution in [0.25, 0.3) is 10.6 Å². The lowest BCUT2D eigenvalue weighted by molar-refractivity contribution is 0.0898. The molecule has 2 aromatic heterocycles. The summed E-state index contributed by atoms with van der Waals surface area (Å²) in [6, 6.07) is 5.76. The van der Waals surface area contributed by atoms with Crippen LogP contribution in [-0.2, 0) is 0 Å². The summed E-state index contributed by atoms with van der Waals surface area (Å²) >= 11 is 1.61. The molecular formula is C14H19ClN4OS. The van der Waals surface area contributed by atoms with Gasteiger partial charge < -0.3 is 11.1 Å². The number of nitrogens with two attached hydrogens (primary N) is 1. The molecule has 2 aromatic rings. The number of aromatic amines is 1. The van der Waals surface area contributed by atoms with Crippen LogP contribution in [0.3, 0.4) is 0 Å². The number of nitrogens with one attached hydrogen (secondary N) is 2. The molecule has 3 rings (SSSR count). The van der Waals surface area contributed by atoms with E-state index in [0.29, 0.717) is 12.2 Å². The Balaban J connectivity index is 0.00000161. The molecule has 0 unspecified atom stereocenters. The highest BCUT2D eigenvalue weighted by Gasteiger charge is 2.34. The van der Waals surface area contributed by atoms with Crippen LogP contribution in [0.15, 0.2) is 23.6 Å². The van der Waals surface area contributed by atoms with Gasteiger partial charge in [0.15, 0.2) is 5.69 Å². The Morgan fingerprint density at radius 1 is 1.48 bits per heavy atom. The number of thiophene rings is 1. The van der Waals surface area contributed by atoms with Crippen LogP contribution in [0.2, 0.25) is 0 Å². The van der Waals surface area contributed by atoms with E-state index in [1.807, 2.05) is 17.5 Å². The molecule has 0 spiro atoms. The van der Waals surface area contributed by atoms with E-state index in [-0.39, 0.29) is 23.9 Å². The van der Waals surface area contributed by atoms with Gasteiger partial charge in [-0.15, -0.1) is 23.7 Å². The number of hydrogen-bond acceptors (Lipinski definition) is 4. The first-order valence-electron chi connectivity index (χ1n) is 6.84. The van der Waals surface area contributed by atoms with E-state index in [4.69, 9.17) is 5.73 Å². The predicted molar refractivity (Wildman–Crippen MR) is 86.9 cm³/mol. The molecule has 1 saturated carbocycles. The molecule has 0 atom stereocenters. The highest BCUT2D eigenvalue weighted by molar-refractivity contribution is 7.13. The zero-order chi connectivity index (χ0) is 14.0. The summed E-state index contributed by atoms with van der Waals surface area (Å²) in [4.78, 5) is 13.4. The summed E-state index contributed by atoms with van der Waals surface area (Å²) < 4.78 is 0. The summed E-state index contributed by atoms with van der Waals surface area (Å²) in [5.74, 6) is -0.142. The van der Waals surface area contributed by atoms with Gasteiger partial charge in [-0.25, -0.2) is 0 Å². The third-order valence-electron chi connectivity index (χ3n) is 3.93. The van der Waals surface area contributed by atoms with Crippen molar-refractivity contribution in [3.63, 3.8) is 0 Å². The zero-order valence-electron chi connectivity index (χ0n) is 11.6. The van der Waals surface area contributed by atoms with Crippen LogP contribution in [0.4, 0.5) is 0 Å². The fraction of sp³-hybridized carbons (Fsp3) is 0.429. The molecule has 5 nitrogen and oxygen atoms in total. The van der Waals surface area contributed by atoms with Gasteiger partial charge >= 0.3 is 0 Å². The number of nitrogens with zero attached hydrogens (tertiary/aromatic N) is 1. The quantitative estimate of drug-likeness (QED) is 0.807. The molecule has 1 aliphatic carbocycles. The minimum absolute atomic E-state index is 0. The van der Waals surface area contributed by atoms with Crippen molar-refractivity contribution >= 4 is 29.7 Å². The minimum Gasteiger partial charge on any atom is -0.344 e. The van der Waals surface area contributed by atoms with E-state index in [2.05, 4.69) is 15.5 Å². The van der Waals surface area contributed by atoms with Gasteiger partial charge in [-0.05, 0) is 30.4 Å². The van der Waals surface area contributed by atoms with Gasteiger partial charge in [-0.2, -0.15) is 5.10 Å². The van der Waals surface area contributed by atoms with Gasteiger partial charge in [0, 0.05) is 6.54 Å². The van der Waals surface area contributed by atoms with E-state index >= 15 is 0 Å². The number of hydrogen-bond donors (Lipinski definition) is 3. The van der Waals surface area contributed by atoms with Gasteiger partial charge in [-0.3, -0.25) is 9.89 Å². The lowest BCUT2D eigenvalue weighted by Crippen LogP contribution is -2.51. The van der Waals surface area contributed by atoms with E-state index in [1.54, 1.807) is 17.4 Å². The van der Waals surface area contributed by atoms with Crippen molar-refractivity contribution in [1.29, 1.82) is 0 Å². The average Bonchev–Trinajstić information content (AvgIpc) is 3.19. The van der Waals surface area contributed by atoms with Crippen LogP contribution in [-0.4, -0.2) is 28.2 Å². The summed E-state index contributed by atoms with van der Waals surface area (Å²) in [7, 11) is 0. The number of aromatic nitrogens is 2. The molecule has 2 heterocycles. The zero-order valence-corrected chi connectivity index (χ0v) is 13.2. The topological polar surface area (TPSA) is 83.8 Å². The molecule has 0 saturated heterocycles. The number of rotatable bonds is 4. The standard InChI is InChI=1S/C14H18N4OS.ClH/c15-9-14(5-1-2-6-14)16-13(19)11-8-10(17-18-11)12-4-3-7-20-12;/h3-4,7-8H,1-2,5-6,9,15H2,(H,16,19)(H,17,18);1H. The number of halogens is 1. The van der Waals surface area contributed by atoms with Crippen LogP contribution in [0, 0.1) is 0 Å². The second-order valence-electron chi connectivity index (χ2n) is 5.29. The maximum atomic E-state index is 12.3. The molecule has 0 aromatic carbocycles. The molecule has 1 aliphatic rings. The van der Waals surface area contributed by atoms with E-state index in [0.717, 1.165) is 36.3 Å². The smallest absolute Gasteiger partial charge is 0.272 e. The van der Waals surface area contributed by atoms with Crippen molar-refractivity contribution in [2.45, 2.75) is 31.2 Å². The van der Waals surface area contributed by atoms with E-state index in [1.165, 1.54) is 0 Å². The SMILES string of the molecule is Cl.NCC1(NC(=O)c2cc(-c3cccs3)[nH]n2)CCCC1. The van der Waals surface area contributed by atoms with Crippen molar-refractivity contribution in [2.75, 3.05) is 6.54 Å². The first-order valence-corrected chi connectivity index (χ1v) is 7.72. The molecular weight excluding hydrogens is 308 g/mol. The van der Waals surface area contributed by atoms with E-state index in [9.17, 15) is 4.79 Å². The van der Waals surface area contributed by atoms with Gasteiger partial charge in [0.2, 0.25) is 0 Å². The van der Waals surface area contributed by atoms with Crippen molar-refractivity contribution < 1.29 is 4.79 Å². The van der Waals surface area contributed by atoms with Crippen molar-refractivity contribution in [3.05, 3.63) is 29.3 Å². The third kappa shape index (κ3) is 3.28. The summed E-state index contributed by atoms with van der Waals surface area (Å²) in [5.41, 5.74) is 6.90. The highest BCUT2D eigenvalue weighted by atomic mass is 35.5. The molecule has 0 radical (unpaired) electrons. The normalized spacial score (nSPS) is 16.4. The summed E-state index contributed by atoms with van der Waals surface area (Å²) in [6.45, 7) is 0.487. The van der Waals surface area contributed by atoms with Crippen molar-refractivity contribution in [2.24, 2.45) is 5.73 Å². The van der Waals surface area contributed by atoms with Crippen LogP contribution < -0.4 is 11.1 Å². The molecule has 0 bridgehead atoms. The molecule has 21 heavy (non-hydrogen) atoms. The Bertz CT molecular complexity index is 590. The Hall–Kier alpha value is -1.37. The fourth-order valence-electron chi connectivity index (χ4n) is 2.73. The number of carbonyl (C=O) groups is 1. The van der Waals surface area contributed by atoms with Crippen LogP contribution in [0.5, 0.6) is 0 Å². The first kappa shape index (κ1) is 16.0. The second kappa shape index (κ2) is 6.60. The van der Waals surface area contributed by atoms with Gasteiger partial charge in [-0.1, -0.05) is 18.9 Å². The maximum absolute atomic E-state index is 12.3. The Kier molecular flexibility index (Phi) is 5.03. The molecule has 1 fully saturated rings. The minimum atomic E-state index is -0.237. The van der Waals surface area contributed by atoms with Gasteiger partial charge in [0.1, 0.15) is 0 Å². The molecule has 4 N–H and O–H groups in total.